The van der Waals surface area contributed by atoms with Gasteiger partial charge in [-0.1, -0.05) is 20.3 Å². The average molecular weight is 299 g/mol. The minimum absolute atomic E-state index is 0.0440. The van der Waals surface area contributed by atoms with E-state index in [9.17, 15) is 13.2 Å². The molecule has 0 spiro atoms. The Morgan fingerprint density at radius 3 is 2.35 bits per heavy atom. The predicted molar refractivity (Wildman–Crippen MR) is 77.8 cm³/mol. The first kappa shape index (κ1) is 14.5. The van der Waals surface area contributed by atoms with Crippen LogP contribution in [0.5, 0.6) is 0 Å². The Morgan fingerprint density at radius 1 is 1.20 bits per heavy atom. The van der Waals surface area contributed by atoms with Crippen molar-refractivity contribution in [3.05, 3.63) is 0 Å². The molecule has 1 aliphatic heterocycles. The summed E-state index contributed by atoms with van der Waals surface area (Å²) in [5, 5.41) is 0. The van der Waals surface area contributed by atoms with E-state index in [2.05, 4.69) is 13.8 Å². The van der Waals surface area contributed by atoms with Crippen molar-refractivity contribution in [2.24, 2.45) is 16.7 Å². The van der Waals surface area contributed by atoms with Crippen LogP contribution < -0.4 is 0 Å². The summed E-state index contributed by atoms with van der Waals surface area (Å²) in [5.74, 6) is 0.619. The van der Waals surface area contributed by atoms with Crippen molar-refractivity contribution >= 4 is 15.8 Å². The van der Waals surface area contributed by atoms with Crippen molar-refractivity contribution in [1.82, 2.24) is 4.31 Å². The van der Waals surface area contributed by atoms with Crippen LogP contribution in [-0.4, -0.2) is 37.3 Å². The van der Waals surface area contributed by atoms with Gasteiger partial charge in [0.1, 0.15) is 5.78 Å². The topological polar surface area (TPSA) is 54.5 Å². The predicted octanol–water partition coefficient (Wildman–Crippen LogP) is 2.20. The van der Waals surface area contributed by atoms with Crippen molar-refractivity contribution in [3.8, 4) is 0 Å². The van der Waals surface area contributed by atoms with Crippen molar-refractivity contribution in [1.29, 1.82) is 0 Å². The smallest absolute Gasteiger partial charge is 0.215 e. The molecule has 0 aromatic heterocycles. The fraction of sp³-hybridized carbons (Fsp3) is 0.933. The van der Waals surface area contributed by atoms with E-state index < -0.39 is 15.4 Å². The van der Waals surface area contributed by atoms with Crippen LogP contribution in [0.25, 0.3) is 0 Å². The minimum atomic E-state index is -3.30. The first-order chi connectivity index (χ1) is 9.30. The van der Waals surface area contributed by atoms with E-state index in [1.807, 2.05) is 0 Å². The van der Waals surface area contributed by atoms with Crippen LogP contribution in [0.2, 0.25) is 0 Å². The lowest BCUT2D eigenvalue weighted by atomic mass is 9.70. The summed E-state index contributed by atoms with van der Waals surface area (Å²) in [5.41, 5.74) is -0.777. The maximum absolute atomic E-state index is 12.7. The van der Waals surface area contributed by atoms with Gasteiger partial charge in [-0.05, 0) is 37.0 Å². The molecule has 1 heterocycles. The van der Waals surface area contributed by atoms with Crippen LogP contribution in [0.15, 0.2) is 0 Å². The van der Waals surface area contributed by atoms with E-state index in [4.69, 9.17) is 0 Å². The minimum Gasteiger partial charge on any atom is -0.299 e. The lowest BCUT2D eigenvalue weighted by Crippen LogP contribution is -2.47. The third kappa shape index (κ3) is 1.89. The zero-order valence-corrected chi connectivity index (χ0v) is 13.3. The first-order valence-corrected chi connectivity index (χ1v) is 9.42. The molecule has 5 heteroatoms. The van der Waals surface area contributed by atoms with E-state index in [0.29, 0.717) is 25.4 Å². The maximum Gasteiger partial charge on any atom is 0.215 e. The standard InChI is InChI=1S/C15H25NO3S/c1-14(2)12-6-7-15(14,13(17)10-12)11-20(18,19)16-8-4-3-5-9-16/h12H,3-11H2,1-2H3. The third-order valence-electron chi connectivity index (χ3n) is 6.28. The summed E-state index contributed by atoms with van der Waals surface area (Å²) in [6.45, 7) is 5.47. The summed E-state index contributed by atoms with van der Waals surface area (Å²) >= 11 is 0. The van der Waals surface area contributed by atoms with Crippen LogP contribution >= 0.6 is 0 Å². The second kappa shape index (κ2) is 4.54. The van der Waals surface area contributed by atoms with Gasteiger partial charge >= 0.3 is 0 Å². The monoisotopic (exact) mass is 299 g/mol. The molecule has 114 valence electrons. The highest BCUT2D eigenvalue weighted by Gasteiger charge is 2.65. The van der Waals surface area contributed by atoms with Gasteiger partial charge in [-0.25, -0.2) is 12.7 Å². The van der Waals surface area contributed by atoms with E-state index in [1.54, 1.807) is 4.31 Å². The molecule has 2 aliphatic carbocycles. The number of carbonyl (C=O) groups excluding carboxylic acids is 1. The van der Waals surface area contributed by atoms with Gasteiger partial charge in [-0.2, -0.15) is 0 Å². The second-order valence-electron chi connectivity index (χ2n) is 7.38. The molecule has 4 nitrogen and oxygen atoms in total. The van der Waals surface area contributed by atoms with Gasteiger partial charge in [0, 0.05) is 24.9 Å². The molecule has 0 radical (unpaired) electrons. The maximum atomic E-state index is 12.7. The molecular weight excluding hydrogens is 274 g/mol. The van der Waals surface area contributed by atoms with Crippen molar-refractivity contribution < 1.29 is 13.2 Å². The van der Waals surface area contributed by atoms with Gasteiger partial charge in [0.2, 0.25) is 10.0 Å². The van der Waals surface area contributed by atoms with E-state index >= 15 is 0 Å². The van der Waals surface area contributed by atoms with Crippen LogP contribution in [0, 0.1) is 16.7 Å². The summed E-state index contributed by atoms with van der Waals surface area (Å²) in [6.07, 6.45) is 5.37. The zero-order valence-electron chi connectivity index (χ0n) is 12.5. The number of rotatable bonds is 3. The number of hydrogen-bond acceptors (Lipinski definition) is 3. The highest BCUT2D eigenvalue weighted by Crippen LogP contribution is 2.64. The molecule has 0 aromatic rings. The number of hydrogen-bond donors (Lipinski definition) is 0. The first-order valence-electron chi connectivity index (χ1n) is 7.81. The van der Waals surface area contributed by atoms with E-state index in [0.717, 1.165) is 32.1 Å². The Balaban J connectivity index is 1.88. The Kier molecular flexibility index (Phi) is 3.29. The normalized spacial score (nSPS) is 37.5. The molecule has 20 heavy (non-hydrogen) atoms. The molecule has 3 fully saturated rings. The number of ketones is 1. The lowest BCUT2D eigenvalue weighted by molar-refractivity contribution is -0.128. The molecule has 0 aromatic carbocycles. The summed E-state index contributed by atoms with van der Waals surface area (Å²) < 4.78 is 27.1. The molecule has 3 rings (SSSR count). The third-order valence-corrected chi connectivity index (χ3v) is 8.29. The average Bonchev–Trinajstić information content (AvgIpc) is 2.73. The molecule has 0 N–H and O–H groups in total. The SMILES string of the molecule is CC1(C)C2CCC1(CS(=O)(=O)N1CCCCC1)C(=O)C2. The van der Waals surface area contributed by atoms with Gasteiger partial charge in [-0.15, -0.1) is 0 Å². The van der Waals surface area contributed by atoms with Gasteiger partial charge in [0.05, 0.1) is 5.75 Å². The molecule has 0 amide bonds. The highest BCUT2D eigenvalue weighted by molar-refractivity contribution is 7.89. The molecular formula is C15H25NO3S. The zero-order chi connectivity index (χ0) is 14.6. The van der Waals surface area contributed by atoms with Crippen LogP contribution in [0.3, 0.4) is 0 Å². The van der Waals surface area contributed by atoms with Gasteiger partial charge in [0.15, 0.2) is 0 Å². The number of Topliss-reactive ketones (excluding diaryl/α,β-unsaturated/α-hetero) is 1. The molecule has 2 bridgehead atoms. The Morgan fingerprint density at radius 2 is 1.85 bits per heavy atom. The number of fused-ring (bicyclic) bond motifs is 2. The highest BCUT2D eigenvalue weighted by atomic mass is 32.2. The summed E-state index contributed by atoms with van der Waals surface area (Å²) in [7, 11) is -3.30. The van der Waals surface area contributed by atoms with Crippen molar-refractivity contribution in [2.75, 3.05) is 18.8 Å². The van der Waals surface area contributed by atoms with Crippen LogP contribution in [-0.2, 0) is 14.8 Å². The fourth-order valence-corrected chi connectivity index (χ4v) is 6.95. The molecule has 1 saturated heterocycles. The van der Waals surface area contributed by atoms with Gasteiger partial charge < -0.3 is 0 Å². The Bertz CT molecular complexity index is 519. The lowest BCUT2D eigenvalue weighted by Gasteiger charge is -2.38. The van der Waals surface area contributed by atoms with Crippen molar-refractivity contribution in [3.63, 3.8) is 0 Å². The number of sulfonamides is 1. The van der Waals surface area contributed by atoms with Gasteiger partial charge in [0.25, 0.3) is 0 Å². The second-order valence-corrected chi connectivity index (χ2v) is 9.35. The van der Waals surface area contributed by atoms with E-state index in [1.165, 1.54) is 0 Å². The fourth-order valence-electron chi connectivity index (χ4n) is 4.65. The van der Waals surface area contributed by atoms with Gasteiger partial charge in [-0.3, -0.25) is 4.79 Å². The Hall–Kier alpha value is -0.420. The van der Waals surface area contributed by atoms with Crippen molar-refractivity contribution in [2.45, 2.75) is 52.4 Å². The molecule has 2 unspecified atom stereocenters. The summed E-state index contributed by atoms with van der Waals surface area (Å²) in [6, 6.07) is 0. The number of carbonyl (C=O) groups is 1. The van der Waals surface area contributed by atoms with Crippen LogP contribution in [0.4, 0.5) is 0 Å². The van der Waals surface area contributed by atoms with Crippen LogP contribution in [0.1, 0.15) is 52.4 Å². The molecule has 2 saturated carbocycles. The summed E-state index contributed by atoms with van der Waals surface area (Å²) in [4.78, 5) is 12.5. The molecule has 3 aliphatic rings. The Labute approximate surface area is 122 Å². The number of piperidine rings is 1. The quantitative estimate of drug-likeness (QED) is 0.803. The van der Waals surface area contributed by atoms with E-state index in [-0.39, 0.29) is 17.0 Å². The number of nitrogens with zero attached hydrogens (tertiary/aromatic N) is 1. The molecule has 2 atom stereocenters. The largest absolute Gasteiger partial charge is 0.299 e.